The molecule has 0 unspecified atom stereocenters. The molecular formula is C16H23N5O. The van der Waals surface area contributed by atoms with Crippen molar-refractivity contribution in [1.29, 1.82) is 0 Å². The third-order valence-corrected chi connectivity index (χ3v) is 4.37. The third kappa shape index (κ3) is 2.53. The van der Waals surface area contributed by atoms with Crippen LogP contribution in [0.3, 0.4) is 0 Å². The molecule has 1 fully saturated rings. The van der Waals surface area contributed by atoms with Gasteiger partial charge in [0.15, 0.2) is 5.69 Å². The standard InChI is InChI=1S/C16H23N5O/c1-5-21-12(3)8-14(18-21)16(22)20-7-6-13(10-20)15-17-11(2)9-19(15)4/h8-9,13H,5-7,10H2,1-4H3/t13-/m1/s1. The average molecular weight is 301 g/mol. The molecule has 22 heavy (non-hydrogen) atoms. The number of hydrogen-bond donors (Lipinski definition) is 0. The molecule has 0 spiro atoms. The van der Waals surface area contributed by atoms with Crippen molar-refractivity contribution in [3.05, 3.63) is 35.2 Å². The second-order valence-corrected chi connectivity index (χ2v) is 6.07. The Labute approximate surface area is 130 Å². The van der Waals surface area contributed by atoms with Crippen LogP contribution in [-0.4, -0.2) is 43.2 Å². The van der Waals surface area contributed by atoms with Gasteiger partial charge in [-0.2, -0.15) is 5.10 Å². The van der Waals surface area contributed by atoms with Gasteiger partial charge in [0.05, 0.1) is 5.69 Å². The summed E-state index contributed by atoms with van der Waals surface area (Å²) in [5.41, 5.74) is 2.61. The number of likely N-dealkylation sites (tertiary alicyclic amines) is 1. The van der Waals surface area contributed by atoms with Crippen molar-refractivity contribution >= 4 is 5.91 Å². The number of carbonyl (C=O) groups is 1. The summed E-state index contributed by atoms with van der Waals surface area (Å²) in [6.45, 7) is 8.30. The van der Waals surface area contributed by atoms with E-state index in [4.69, 9.17) is 0 Å². The maximum absolute atomic E-state index is 12.6. The number of rotatable bonds is 3. The number of amides is 1. The number of hydrogen-bond acceptors (Lipinski definition) is 3. The number of imidazole rings is 1. The van der Waals surface area contributed by atoms with Crippen LogP contribution in [0, 0.1) is 13.8 Å². The smallest absolute Gasteiger partial charge is 0.274 e. The molecule has 0 aromatic carbocycles. The largest absolute Gasteiger partial charge is 0.337 e. The molecule has 0 radical (unpaired) electrons. The maximum Gasteiger partial charge on any atom is 0.274 e. The van der Waals surface area contributed by atoms with Crippen LogP contribution in [0.2, 0.25) is 0 Å². The Bertz CT molecular complexity index is 699. The van der Waals surface area contributed by atoms with Crippen LogP contribution >= 0.6 is 0 Å². The lowest BCUT2D eigenvalue weighted by Gasteiger charge is -2.15. The van der Waals surface area contributed by atoms with Gasteiger partial charge in [-0.15, -0.1) is 0 Å². The van der Waals surface area contributed by atoms with E-state index in [9.17, 15) is 4.79 Å². The van der Waals surface area contributed by atoms with Gasteiger partial charge in [0.1, 0.15) is 5.82 Å². The first-order valence-corrected chi connectivity index (χ1v) is 7.83. The lowest BCUT2D eigenvalue weighted by atomic mass is 10.1. The fraction of sp³-hybridized carbons (Fsp3) is 0.562. The lowest BCUT2D eigenvalue weighted by molar-refractivity contribution is 0.0783. The van der Waals surface area contributed by atoms with Gasteiger partial charge >= 0.3 is 0 Å². The lowest BCUT2D eigenvalue weighted by Crippen LogP contribution is -2.29. The second kappa shape index (κ2) is 5.59. The zero-order valence-electron chi connectivity index (χ0n) is 13.7. The molecule has 1 amide bonds. The van der Waals surface area contributed by atoms with E-state index in [1.807, 2.05) is 49.7 Å². The molecule has 3 rings (SSSR count). The highest BCUT2D eigenvalue weighted by atomic mass is 16.2. The van der Waals surface area contributed by atoms with Gasteiger partial charge in [-0.3, -0.25) is 9.48 Å². The predicted octanol–water partition coefficient (Wildman–Crippen LogP) is 1.88. The van der Waals surface area contributed by atoms with Crippen molar-refractivity contribution in [3.8, 4) is 0 Å². The minimum absolute atomic E-state index is 0.0312. The minimum Gasteiger partial charge on any atom is -0.337 e. The highest BCUT2D eigenvalue weighted by Crippen LogP contribution is 2.27. The molecule has 1 saturated heterocycles. The monoisotopic (exact) mass is 301 g/mol. The summed E-state index contributed by atoms with van der Waals surface area (Å²) >= 11 is 0. The van der Waals surface area contributed by atoms with Crippen molar-refractivity contribution < 1.29 is 4.79 Å². The van der Waals surface area contributed by atoms with Gasteiger partial charge < -0.3 is 9.47 Å². The van der Waals surface area contributed by atoms with Gasteiger partial charge in [0, 0.05) is 44.5 Å². The van der Waals surface area contributed by atoms with E-state index in [0.717, 1.165) is 43.3 Å². The first-order valence-electron chi connectivity index (χ1n) is 7.83. The first kappa shape index (κ1) is 14.8. The second-order valence-electron chi connectivity index (χ2n) is 6.07. The van der Waals surface area contributed by atoms with Crippen molar-refractivity contribution in [2.24, 2.45) is 7.05 Å². The Morgan fingerprint density at radius 2 is 2.18 bits per heavy atom. The zero-order valence-corrected chi connectivity index (χ0v) is 13.7. The first-order chi connectivity index (χ1) is 10.5. The molecule has 0 N–H and O–H groups in total. The summed E-state index contributed by atoms with van der Waals surface area (Å²) in [6, 6.07) is 1.88. The molecule has 1 aliphatic rings. The van der Waals surface area contributed by atoms with Crippen LogP contribution in [0.25, 0.3) is 0 Å². The van der Waals surface area contributed by atoms with Crippen LogP contribution in [0.4, 0.5) is 0 Å². The molecule has 0 aliphatic carbocycles. The zero-order chi connectivity index (χ0) is 15.9. The molecule has 0 saturated carbocycles. The number of carbonyl (C=O) groups excluding carboxylic acids is 1. The van der Waals surface area contributed by atoms with E-state index in [-0.39, 0.29) is 5.91 Å². The van der Waals surface area contributed by atoms with Gasteiger partial charge in [0.25, 0.3) is 5.91 Å². The molecule has 2 aromatic rings. The van der Waals surface area contributed by atoms with Crippen molar-refractivity contribution in [1.82, 2.24) is 24.2 Å². The Morgan fingerprint density at radius 1 is 1.41 bits per heavy atom. The Balaban J connectivity index is 1.74. The highest BCUT2D eigenvalue weighted by molar-refractivity contribution is 5.92. The molecule has 2 aromatic heterocycles. The van der Waals surface area contributed by atoms with Gasteiger partial charge in [-0.05, 0) is 33.3 Å². The van der Waals surface area contributed by atoms with Crippen molar-refractivity contribution in [2.75, 3.05) is 13.1 Å². The fourth-order valence-corrected chi connectivity index (χ4v) is 3.27. The fourth-order valence-electron chi connectivity index (χ4n) is 3.27. The average Bonchev–Trinajstić information content (AvgIpc) is 3.16. The topological polar surface area (TPSA) is 56.0 Å². The summed E-state index contributed by atoms with van der Waals surface area (Å²) in [5.74, 6) is 1.42. The SMILES string of the molecule is CCn1nc(C(=O)N2CC[C@@H](c3nc(C)cn3C)C2)cc1C. The summed E-state index contributed by atoms with van der Waals surface area (Å²) in [4.78, 5) is 19.1. The highest BCUT2D eigenvalue weighted by Gasteiger charge is 2.31. The van der Waals surface area contributed by atoms with Crippen LogP contribution in [0.1, 0.15) is 47.0 Å². The molecule has 6 heteroatoms. The molecular weight excluding hydrogens is 278 g/mol. The molecule has 0 bridgehead atoms. The molecule has 1 aliphatic heterocycles. The van der Waals surface area contributed by atoms with Crippen LogP contribution in [0.5, 0.6) is 0 Å². The summed E-state index contributed by atoms with van der Waals surface area (Å²) in [5, 5.41) is 4.40. The van der Waals surface area contributed by atoms with E-state index in [2.05, 4.69) is 14.6 Å². The Morgan fingerprint density at radius 3 is 2.77 bits per heavy atom. The van der Waals surface area contributed by atoms with E-state index in [0.29, 0.717) is 11.6 Å². The van der Waals surface area contributed by atoms with Crippen LogP contribution in [0.15, 0.2) is 12.3 Å². The summed E-state index contributed by atoms with van der Waals surface area (Å²) in [6.07, 6.45) is 3.00. The van der Waals surface area contributed by atoms with E-state index < -0.39 is 0 Å². The quantitative estimate of drug-likeness (QED) is 0.870. The van der Waals surface area contributed by atoms with Gasteiger partial charge in [-0.1, -0.05) is 0 Å². The van der Waals surface area contributed by atoms with Crippen molar-refractivity contribution in [2.45, 2.75) is 39.7 Å². The minimum atomic E-state index is 0.0312. The summed E-state index contributed by atoms with van der Waals surface area (Å²) < 4.78 is 3.94. The maximum atomic E-state index is 12.6. The van der Waals surface area contributed by atoms with E-state index >= 15 is 0 Å². The summed E-state index contributed by atoms with van der Waals surface area (Å²) in [7, 11) is 2.02. The molecule has 3 heterocycles. The molecule has 1 atom stereocenters. The van der Waals surface area contributed by atoms with Crippen molar-refractivity contribution in [3.63, 3.8) is 0 Å². The van der Waals surface area contributed by atoms with E-state index in [1.54, 1.807) is 0 Å². The van der Waals surface area contributed by atoms with Crippen LogP contribution in [-0.2, 0) is 13.6 Å². The third-order valence-electron chi connectivity index (χ3n) is 4.37. The molecule has 118 valence electrons. The Kier molecular flexibility index (Phi) is 3.76. The number of aryl methyl sites for hydroxylation is 4. The molecule has 6 nitrogen and oxygen atoms in total. The predicted molar refractivity (Wildman–Crippen MR) is 83.8 cm³/mol. The van der Waals surface area contributed by atoms with Crippen LogP contribution < -0.4 is 0 Å². The van der Waals surface area contributed by atoms with E-state index in [1.165, 1.54) is 0 Å². The number of nitrogens with zero attached hydrogens (tertiary/aromatic N) is 5. The van der Waals surface area contributed by atoms with Gasteiger partial charge in [-0.25, -0.2) is 4.98 Å². The van der Waals surface area contributed by atoms with Gasteiger partial charge in [0.2, 0.25) is 0 Å². The number of aromatic nitrogens is 4. The normalized spacial score (nSPS) is 18.2. The Hall–Kier alpha value is -2.11.